The molecule has 0 radical (unpaired) electrons. The Labute approximate surface area is 124 Å². The number of hydrogen-bond donors (Lipinski definition) is 0. The summed E-state index contributed by atoms with van der Waals surface area (Å²) in [7, 11) is 0. The highest BCUT2D eigenvalue weighted by atomic mass is 19.1. The van der Waals surface area contributed by atoms with Gasteiger partial charge in [-0.15, -0.1) is 0 Å². The molecule has 2 aromatic carbocycles. The Morgan fingerprint density at radius 1 is 1.18 bits per heavy atom. The molecule has 22 heavy (non-hydrogen) atoms. The van der Waals surface area contributed by atoms with Crippen molar-refractivity contribution in [2.75, 3.05) is 6.61 Å². The smallest absolute Gasteiger partial charge is 0.338 e. The van der Waals surface area contributed by atoms with Crippen molar-refractivity contribution >= 4 is 11.7 Å². The molecule has 2 rings (SSSR count). The SMILES string of the molecule is CCOC(=O)c1ccc(-c2c(F)ccc([N+](=O)[O-])c2F)cc1. The Bertz CT molecular complexity index is 729. The Morgan fingerprint density at radius 3 is 2.36 bits per heavy atom. The number of rotatable bonds is 4. The second kappa shape index (κ2) is 6.30. The number of ether oxygens (including phenoxy) is 1. The van der Waals surface area contributed by atoms with Crippen LogP contribution in [0.1, 0.15) is 17.3 Å². The summed E-state index contributed by atoms with van der Waals surface area (Å²) >= 11 is 0. The quantitative estimate of drug-likeness (QED) is 0.490. The van der Waals surface area contributed by atoms with E-state index in [2.05, 4.69) is 0 Å². The molecule has 2 aromatic rings. The van der Waals surface area contributed by atoms with E-state index in [0.29, 0.717) is 0 Å². The van der Waals surface area contributed by atoms with E-state index in [1.54, 1.807) is 6.92 Å². The fraction of sp³-hybridized carbons (Fsp3) is 0.133. The van der Waals surface area contributed by atoms with Crippen molar-refractivity contribution in [3.63, 3.8) is 0 Å². The molecule has 0 aliphatic carbocycles. The predicted molar refractivity (Wildman–Crippen MR) is 74.4 cm³/mol. The van der Waals surface area contributed by atoms with Crippen molar-refractivity contribution in [3.05, 3.63) is 63.7 Å². The minimum Gasteiger partial charge on any atom is -0.462 e. The van der Waals surface area contributed by atoms with E-state index in [1.165, 1.54) is 24.3 Å². The van der Waals surface area contributed by atoms with Crippen LogP contribution in [0.2, 0.25) is 0 Å². The number of carbonyl (C=O) groups is 1. The fourth-order valence-electron chi connectivity index (χ4n) is 1.93. The third kappa shape index (κ3) is 2.93. The van der Waals surface area contributed by atoms with Gasteiger partial charge >= 0.3 is 11.7 Å². The van der Waals surface area contributed by atoms with Gasteiger partial charge in [0, 0.05) is 6.07 Å². The van der Waals surface area contributed by atoms with Gasteiger partial charge in [0.05, 0.1) is 22.7 Å². The first-order valence-electron chi connectivity index (χ1n) is 6.35. The standard InChI is InChI=1S/C15H11F2NO4/c1-2-22-15(19)10-5-3-9(4-6-10)13-11(16)7-8-12(14(13)17)18(20)21/h3-8H,2H2,1H3. The molecule has 0 atom stereocenters. The molecule has 0 amide bonds. The van der Waals surface area contributed by atoms with E-state index < -0.39 is 33.8 Å². The van der Waals surface area contributed by atoms with Crippen LogP contribution in [0.3, 0.4) is 0 Å². The zero-order valence-electron chi connectivity index (χ0n) is 11.5. The van der Waals surface area contributed by atoms with Crippen LogP contribution in [0.15, 0.2) is 36.4 Å². The monoisotopic (exact) mass is 307 g/mol. The van der Waals surface area contributed by atoms with E-state index in [4.69, 9.17) is 4.74 Å². The highest BCUT2D eigenvalue weighted by Gasteiger charge is 2.22. The number of nitrogens with zero attached hydrogens (tertiary/aromatic N) is 1. The molecule has 0 bridgehead atoms. The zero-order chi connectivity index (χ0) is 16.3. The summed E-state index contributed by atoms with van der Waals surface area (Å²) in [6.07, 6.45) is 0. The van der Waals surface area contributed by atoms with Gasteiger partial charge in [0.1, 0.15) is 5.82 Å². The molecule has 0 heterocycles. The Hall–Kier alpha value is -2.83. The van der Waals surface area contributed by atoms with Gasteiger partial charge in [0.25, 0.3) is 0 Å². The summed E-state index contributed by atoms with van der Waals surface area (Å²) in [4.78, 5) is 21.3. The van der Waals surface area contributed by atoms with E-state index in [-0.39, 0.29) is 17.7 Å². The number of benzene rings is 2. The van der Waals surface area contributed by atoms with Crippen LogP contribution in [0.5, 0.6) is 0 Å². The first-order chi connectivity index (χ1) is 10.5. The maximum Gasteiger partial charge on any atom is 0.338 e. The van der Waals surface area contributed by atoms with Crippen LogP contribution in [0.25, 0.3) is 11.1 Å². The van der Waals surface area contributed by atoms with Gasteiger partial charge in [-0.2, -0.15) is 4.39 Å². The van der Waals surface area contributed by atoms with Gasteiger partial charge in [-0.1, -0.05) is 12.1 Å². The normalized spacial score (nSPS) is 10.3. The van der Waals surface area contributed by atoms with Gasteiger partial charge in [-0.25, -0.2) is 9.18 Å². The lowest BCUT2D eigenvalue weighted by Crippen LogP contribution is -2.04. The van der Waals surface area contributed by atoms with Crippen LogP contribution >= 0.6 is 0 Å². The fourth-order valence-corrected chi connectivity index (χ4v) is 1.93. The second-order valence-corrected chi connectivity index (χ2v) is 4.31. The topological polar surface area (TPSA) is 69.4 Å². The summed E-state index contributed by atoms with van der Waals surface area (Å²) < 4.78 is 32.7. The lowest BCUT2D eigenvalue weighted by atomic mass is 10.0. The molecule has 0 saturated carbocycles. The van der Waals surface area contributed by atoms with E-state index >= 15 is 0 Å². The maximum absolute atomic E-state index is 14.1. The van der Waals surface area contributed by atoms with Crippen molar-refractivity contribution in [3.8, 4) is 11.1 Å². The van der Waals surface area contributed by atoms with Gasteiger partial charge < -0.3 is 4.74 Å². The van der Waals surface area contributed by atoms with Gasteiger partial charge in [-0.05, 0) is 30.7 Å². The van der Waals surface area contributed by atoms with Gasteiger partial charge in [0.2, 0.25) is 5.82 Å². The summed E-state index contributed by atoms with van der Waals surface area (Å²) in [5, 5.41) is 10.7. The average Bonchev–Trinajstić information content (AvgIpc) is 2.48. The van der Waals surface area contributed by atoms with Crippen molar-refractivity contribution in [2.24, 2.45) is 0 Å². The molecule has 0 aromatic heterocycles. The lowest BCUT2D eigenvalue weighted by molar-refractivity contribution is -0.387. The molecule has 114 valence electrons. The van der Waals surface area contributed by atoms with Crippen molar-refractivity contribution < 1.29 is 23.2 Å². The number of halogens is 2. The number of esters is 1. The average molecular weight is 307 g/mol. The third-order valence-electron chi connectivity index (χ3n) is 2.95. The molecule has 5 nitrogen and oxygen atoms in total. The largest absolute Gasteiger partial charge is 0.462 e. The first kappa shape index (κ1) is 15.6. The molecule has 0 unspecified atom stereocenters. The Morgan fingerprint density at radius 2 is 1.82 bits per heavy atom. The first-order valence-corrected chi connectivity index (χ1v) is 6.35. The van der Waals surface area contributed by atoms with Crippen LogP contribution in [-0.4, -0.2) is 17.5 Å². The molecule has 0 spiro atoms. The molecular formula is C15H11F2NO4. The van der Waals surface area contributed by atoms with Crippen LogP contribution in [0.4, 0.5) is 14.5 Å². The van der Waals surface area contributed by atoms with Crippen molar-refractivity contribution in [1.82, 2.24) is 0 Å². The molecule has 7 heteroatoms. The highest BCUT2D eigenvalue weighted by Crippen LogP contribution is 2.31. The predicted octanol–water partition coefficient (Wildman–Crippen LogP) is 3.72. The number of nitro benzene ring substituents is 1. The van der Waals surface area contributed by atoms with Gasteiger partial charge in [0.15, 0.2) is 0 Å². The molecule has 0 N–H and O–H groups in total. The Kier molecular flexibility index (Phi) is 4.45. The maximum atomic E-state index is 14.1. The van der Waals surface area contributed by atoms with Crippen LogP contribution in [0, 0.1) is 21.7 Å². The number of carbonyl (C=O) groups excluding carboxylic acids is 1. The third-order valence-corrected chi connectivity index (χ3v) is 2.95. The summed E-state index contributed by atoms with van der Waals surface area (Å²) in [5.41, 5.74) is -1.01. The number of hydrogen-bond acceptors (Lipinski definition) is 4. The summed E-state index contributed by atoms with van der Waals surface area (Å²) in [6.45, 7) is 1.86. The van der Waals surface area contributed by atoms with Crippen LogP contribution in [-0.2, 0) is 4.74 Å². The van der Waals surface area contributed by atoms with E-state index in [1.807, 2.05) is 0 Å². The minimum absolute atomic E-state index is 0.0896. The lowest BCUT2D eigenvalue weighted by Gasteiger charge is -2.07. The second-order valence-electron chi connectivity index (χ2n) is 4.31. The Balaban J connectivity index is 2.46. The molecule has 0 saturated heterocycles. The van der Waals surface area contributed by atoms with Crippen molar-refractivity contribution in [2.45, 2.75) is 6.92 Å². The van der Waals surface area contributed by atoms with Crippen molar-refractivity contribution in [1.29, 1.82) is 0 Å². The zero-order valence-corrected chi connectivity index (χ0v) is 11.5. The van der Waals surface area contributed by atoms with E-state index in [0.717, 1.165) is 12.1 Å². The van der Waals surface area contributed by atoms with Gasteiger partial charge in [-0.3, -0.25) is 10.1 Å². The minimum atomic E-state index is -1.26. The summed E-state index contributed by atoms with van der Waals surface area (Å²) in [6, 6.07) is 6.88. The van der Waals surface area contributed by atoms with Crippen LogP contribution < -0.4 is 0 Å². The molecular weight excluding hydrogens is 296 g/mol. The number of nitro groups is 1. The highest BCUT2D eigenvalue weighted by molar-refractivity contribution is 5.90. The molecule has 0 fully saturated rings. The summed E-state index contributed by atoms with van der Waals surface area (Å²) in [5.74, 6) is -2.74. The molecule has 0 aliphatic heterocycles. The van der Waals surface area contributed by atoms with E-state index in [9.17, 15) is 23.7 Å². The molecule has 0 aliphatic rings.